The Labute approximate surface area is 178 Å². The number of unbranched alkanes of at least 4 members (excludes halogenated alkanes) is 1. The second-order valence-electron chi connectivity index (χ2n) is 6.99. The number of carbonyl (C=O) groups excluding carboxylic acids is 2. The summed E-state index contributed by atoms with van der Waals surface area (Å²) in [5, 5.41) is 3.14. The predicted molar refractivity (Wildman–Crippen MR) is 117 cm³/mol. The fraction of sp³-hybridized carbons (Fsp3) is 0.364. The van der Waals surface area contributed by atoms with Crippen LogP contribution in [0, 0.1) is 6.92 Å². The molecule has 8 heteroatoms. The minimum absolute atomic E-state index is 0.0996. The summed E-state index contributed by atoms with van der Waals surface area (Å²) < 4.78 is 6.67. The zero-order valence-electron chi connectivity index (χ0n) is 17.1. The van der Waals surface area contributed by atoms with E-state index in [0.717, 1.165) is 29.7 Å². The van der Waals surface area contributed by atoms with E-state index >= 15 is 0 Å². The topological polar surface area (TPSA) is 90.3 Å². The Morgan fingerprint density at radius 2 is 2.00 bits per heavy atom. The standard InChI is InChI=1S/C22H25N3O4S/c1-3-4-11-23-17(26)13-25-14-24-20-18(21(25)27)15(2)19(30-20)22(28)29-12-10-16-8-6-5-7-9-16/h5-9,14H,3-4,10-13H2,1-2H3,(H,23,26). The van der Waals surface area contributed by atoms with Gasteiger partial charge in [-0.05, 0) is 24.5 Å². The first-order valence-electron chi connectivity index (χ1n) is 9.97. The molecule has 2 aromatic heterocycles. The van der Waals surface area contributed by atoms with Crippen LogP contribution in [0.2, 0.25) is 0 Å². The molecule has 0 radical (unpaired) electrons. The number of rotatable bonds is 9. The maximum absolute atomic E-state index is 12.8. The number of hydrogen-bond acceptors (Lipinski definition) is 6. The van der Waals surface area contributed by atoms with Gasteiger partial charge in [-0.25, -0.2) is 9.78 Å². The number of amides is 1. The van der Waals surface area contributed by atoms with Crippen molar-refractivity contribution in [3.63, 3.8) is 0 Å². The summed E-state index contributed by atoms with van der Waals surface area (Å²) in [5.74, 6) is -0.699. The molecule has 3 rings (SSSR count). The second-order valence-corrected chi connectivity index (χ2v) is 7.99. The molecular weight excluding hydrogens is 402 g/mol. The fourth-order valence-electron chi connectivity index (χ4n) is 3.05. The zero-order chi connectivity index (χ0) is 21.5. The van der Waals surface area contributed by atoms with Crippen LogP contribution in [0.3, 0.4) is 0 Å². The maximum atomic E-state index is 12.8. The highest BCUT2D eigenvalue weighted by molar-refractivity contribution is 7.20. The molecule has 0 bridgehead atoms. The van der Waals surface area contributed by atoms with E-state index in [4.69, 9.17) is 4.74 Å². The van der Waals surface area contributed by atoms with E-state index in [1.807, 2.05) is 37.3 Å². The second kappa shape index (κ2) is 10.2. The minimum Gasteiger partial charge on any atom is -0.461 e. The van der Waals surface area contributed by atoms with Gasteiger partial charge in [0.25, 0.3) is 5.56 Å². The third-order valence-electron chi connectivity index (χ3n) is 4.74. The Balaban J connectivity index is 1.71. The molecule has 0 spiro atoms. The first kappa shape index (κ1) is 21.7. The molecule has 0 unspecified atom stereocenters. The number of nitrogens with one attached hydrogen (secondary N) is 1. The van der Waals surface area contributed by atoms with Crippen molar-refractivity contribution in [2.75, 3.05) is 13.2 Å². The van der Waals surface area contributed by atoms with E-state index in [0.29, 0.717) is 33.6 Å². The molecule has 158 valence electrons. The van der Waals surface area contributed by atoms with Gasteiger partial charge < -0.3 is 10.1 Å². The van der Waals surface area contributed by atoms with Gasteiger partial charge >= 0.3 is 5.97 Å². The molecule has 1 amide bonds. The van der Waals surface area contributed by atoms with Crippen molar-refractivity contribution in [1.82, 2.24) is 14.9 Å². The van der Waals surface area contributed by atoms with Gasteiger partial charge in [0.2, 0.25) is 5.91 Å². The smallest absolute Gasteiger partial charge is 0.348 e. The lowest BCUT2D eigenvalue weighted by Crippen LogP contribution is -2.32. The highest BCUT2D eigenvalue weighted by Crippen LogP contribution is 2.27. The summed E-state index contributed by atoms with van der Waals surface area (Å²) in [6.07, 6.45) is 3.84. The van der Waals surface area contributed by atoms with Crippen LogP contribution >= 0.6 is 11.3 Å². The van der Waals surface area contributed by atoms with Gasteiger partial charge in [-0.15, -0.1) is 11.3 Å². The summed E-state index contributed by atoms with van der Waals surface area (Å²) in [7, 11) is 0. The molecule has 0 saturated carbocycles. The van der Waals surface area contributed by atoms with E-state index in [1.165, 1.54) is 10.9 Å². The van der Waals surface area contributed by atoms with Crippen molar-refractivity contribution in [2.45, 2.75) is 39.7 Å². The summed E-state index contributed by atoms with van der Waals surface area (Å²) in [6.45, 7) is 4.49. The summed E-state index contributed by atoms with van der Waals surface area (Å²) in [5.41, 5.74) is 1.29. The summed E-state index contributed by atoms with van der Waals surface area (Å²) in [6, 6.07) is 9.76. The molecule has 0 aliphatic heterocycles. The third-order valence-corrected chi connectivity index (χ3v) is 5.92. The van der Waals surface area contributed by atoms with E-state index in [1.54, 1.807) is 6.92 Å². The molecule has 2 heterocycles. The van der Waals surface area contributed by atoms with Crippen LogP contribution in [-0.4, -0.2) is 34.6 Å². The summed E-state index contributed by atoms with van der Waals surface area (Å²) >= 11 is 1.14. The van der Waals surface area contributed by atoms with Gasteiger partial charge in [-0.2, -0.15) is 0 Å². The molecule has 0 atom stereocenters. The molecule has 7 nitrogen and oxygen atoms in total. The quantitative estimate of drug-likeness (QED) is 0.419. The number of fused-ring (bicyclic) bond motifs is 1. The lowest BCUT2D eigenvalue weighted by Gasteiger charge is -2.06. The van der Waals surface area contributed by atoms with E-state index < -0.39 is 5.97 Å². The lowest BCUT2D eigenvalue weighted by atomic mass is 10.2. The van der Waals surface area contributed by atoms with Gasteiger partial charge in [0.05, 0.1) is 18.3 Å². The SMILES string of the molecule is CCCCNC(=O)Cn1cnc2sc(C(=O)OCCc3ccccc3)c(C)c2c1=O. The number of ether oxygens (including phenoxy) is 1. The molecular formula is C22H25N3O4S. The van der Waals surface area contributed by atoms with Crippen molar-refractivity contribution in [2.24, 2.45) is 0 Å². The van der Waals surface area contributed by atoms with Crippen LogP contribution in [0.15, 0.2) is 41.5 Å². The number of benzene rings is 1. The summed E-state index contributed by atoms with van der Waals surface area (Å²) in [4.78, 5) is 42.5. The number of hydrogen-bond donors (Lipinski definition) is 1. The number of nitrogens with zero attached hydrogens (tertiary/aromatic N) is 2. The van der Waals surface area contributed by atoms with Crippen LogP contribution in [0.25, 0.3) is 10.2 Å². The van der Waals surface area contributed by atoms with Gasteiger partial charge in [0, 0.05) is 13.0 Å². The lowest BCUT2D eigenvalue weighted by molar-refractivity contribution is -0.121. The van der Waals surface area contributed by atoms with Gasteiger partial charge in [-0.1, -0.05) is 43.7 Å². The average Bonchev–Trinajstić information content (AvgIpc) is 3.08. The highest BCUT2D eigenvalue weighted by Gasteiger charge is 2.21. The van der Waals surface area contributed by atoms with Crippen molar-refractivity contribution in [3.05, 3.63) is 63.0 Å². The van der Waals surface area contributed by atoms with Gasteiger partial charge in [0.15, 0.2) is 0 Å². The molecule has 0 aliphatic carbocycles. The largest absolute Gasteiger partial charge is 0.461 e. The molecule has 0 saturated heterocycles. The van der Waals surface area contributed by atoms with E-state index in [9.17, 15) is 14.4 Å². The first-order valence-corrected chi connectivity index (χ1v) is 10.8. The van der Waals surface area contributed by atoms with Crippen molar-refractivity contribution in [3.8, 4) is 0 Å². The van der Waals surface area contributed by atoms with Crippen LogP contribution in [0.5, 0.6) is 0 Å². The van der Waals surface area contributed by atoms with Crippen LogP contribution in [-0.2, 0) is 22.5 Å². The van der Waals surface area contributed by atoms with E-state index in [-0.39, 0.29) is 24.6 Å². The zero-order valence-corrected chi connectivity index (χ0v) is 18.0. The van der Waals surface area contributed by atoms with Crippen LogP contribution < -0.4 is 10.9 Å². The Bertz CT molecular complexity index is 1090. The number of aromatic nitrogens is 2. The first-order chi connectivity index (χ1) is 14.5. The Kier molecular flexibility index (Phi) is 7.35. The third kappa shape index (κ3) is 5.13. The van der Waals surface area contributed by atoms with Gasteiger partial charge in [0.1, 0.15) is 16.3 Å². The van der Waals surface area contributed by atoms with Crippen molar-refractivity contribution >= 4 is 33.4 Å². The molecule has 0 aliphatic rings. The number of thiophene rings is 1. The monoisotopic (exact) mass is 427 g/mol. The van der Waals surface area contributed by atoms with Crippen molar-refractivity contribution in [1.29, 1.82) is 0 Å². The number of carbonyl (C=O) groups is 2. The Morgan fingerprint density at radius 3 is 2.73 bits per heavy atom. The van der Waals surface area contributed by atoms with Gasteiger partial charge in [-0.3, -0.25) is 14.2 Å². The molecule has 1 aromatic carbocycles. The molecule has 30 heavy (non-hydrogen) atoms. The molecule has 3 aromatic rings. The van der Waals surface area contributed by atoms with Crippen LogP contribution in [0.4, 0.5) is 0 Å². The normalized spacial score (nSPS) is 10.9. The number of aryl methyl sites for hydroxylation is 1. The highest BCUT2D eigenvalue weighted by atomic mass is 32.1. The fourth-order valence-corrected chi connectivity index (χ4v) is 4.09. The average molecular weight is 428 g/mol. The number of esters is 1. The van der Waals surface area contributed by atoms with Crippen molar-refractivity contribution < 1.29 is 14.3 Å². The Morgan fingerprint density at radius 1 is 1.23 bits per heavy atom. The van der Waals surface area contributed by atoms with Crippen LogP contribution in [0.1, 0.15) is 40.6 Å². The minimum atomic E-state index is -0.463. The Hall–Kier alpha value is -3.00. The molecule has 0 fully saturated rings. The molecule has 1 N–H and O–H groups in total. The predicted octanol–water partition coefficient (Wildman–Crippen LogP) is 3.08. The van der Waals surface area contributed by atoms with E-state index in [2.05, 4.69) is 10.3 Å². The maximum Gasteiger partial charge on any atom is 0.348 e.